The van der Waals surface area contributed by atoms with E-state index in [-0.39, 0.29) is 11.8 Å². The average molecular weight is 388 g/mol. The van der Waals surface area contributed by atoms with Gasteiger partial charge in [0.15, 0.2) is 0 Å². The lowest BCUT2D eigenvalue weighted by Gasteiger charge is -2.32. The third kappa shape index (κ3) is 6.55. The molecule has 3 rings (SSSR count). The lowest BCUT2D eigenvalue weighted by Crippen LogP contribution is -2.41. The zero-order chi connectivity index (χ0) is 19.8. The Morgan fingerprint density at radius 3 is 2.89 bits per heavy atom. The van der Waals surface area contributed by atoms with Crippen molar-refractivity contribution in [3.63, 3.8) is 0 Å². The molecule has 1 aromatic rings. The van der Waals surface area contributed by atoms with Gasteiger partial charge in [0, 0.05) is 58.0 Å². The highest BCUT2D eigenvalue weighted by molar-refractivity contribution is 5.79. The number of hydrogen-bond acceptors (Lipinski definition) is 5. The topological polar surface area (TPSA) is 78.4 Å². The second-order valence-corrected chi connectivity index (χ2v) is 8.14. The zero-order valence-corrected chi connectivity index (χ0v) is 17.0. The zero-order valence-electron chi connectivity index (χ0n) is 17.0. The van der Waals surface area contributed by atoms with Crippen molar-refractivity contribution in [2.24, 2.45) is 5.92 Å². The number of rotatable bonds is 7. The number of hydrogen-bond donors (Lipinski definition) is 1. The largest absolute Gasteiger partial charge is 0.356 e. The molecule has 0 saturated carbocycles. The smallest absolute Gasteiger partial charge is 0.222 e. The molecule has 1 aromatic heterocycles. The van der Waals surface area contributed by atoms with E-state index in [1.807, 2.05) is 24.2 Å². The van der Waals surface area contributed by atoms with Crippen LogP contribution in [0.4, 0.5) is 0 Å². The summed E-state index contributed by atoms with van der Waals surface area (Å²) in [5.41, 5.74) is 1.93. The first kappa shape index (κ1) is 20.7. The molecule has 2 amide bonds. The van der Waals surface area contributed by atoms with Crippen molar-refractivity contribution < 1.29 is 9.59 Å². The average Bonchev–Trinajstić information content (AvgIpc) is 2.91. The summed E-state index contributed by atoms with van der Waals surface area (Å²) >= 11 is 0. The number of carbonyl (C=O) groups is 2. The van der Waals surface area contributed by atoms with E-state index in [4.69, 9.17) is 0 Å². The Kier molecular flexibility index (Phi) is 7.77. The van der Waals surface area contributed by atoms with Crippen molar-refractivity contribution in [2.45, 2.75) is 58.4 Å². The Morgan fingerprint density at radius 2 is 2.07 bits per heavy atom. The second kappa shape index (κ2) is 10.5. The normalized spacial score (nSPS) is 21.4. The maximum Gasteiger partial charge on any atom is 0.222 e. The van der Waals surface area contributed by atoms with Crippen LogP contribution >= 0.6 is 0 Å². The quantitative estimate of drug-likeness (QED) is 0.773. The highest BCUT2D eigenvalue weighted by atomic mass is 16.2. The summed E-state index contributed by atoms with van der Waals surface area (Å²) in [5, 5.41) is 3.08. The van der Waals surface area contributed by atoms with Gasteiger partial charge >= 0.3 is 0 Å². The molecule has 0 aromatic carbocycles. The van der Waals surface area contributed by atoms with E-state index in [2.05, 4.69) is 20.2 Å². The lowest BCUT2D eigenvalue weighted by molar-refractivity contribution is -0.131. The standard InChI is InChI=1S/C21H33N5O2/c1-17-12-23-19(14-22-17)16-25-9-5-6-18(15-25)13-24-20(27)8-11-26-10-4-2-3-7-21(26)28/h12,14,18H,2-11,13,15-16H2,1H3,(H,24,27). The van der Waals surface area contributed by atoms with Gasteiger partial charge in [-0.05, 0) is 45.1 Å². The van der Waals surface area contributed by atoms with Crippen LogP contribution in [0.2, 0.25) is 0 Å². The molecule has 1 N–H and O–H groups in total. The number of piperidine rings is 1. The number of carbonyl (C=O) groups excluding carboxylic acids is 2. The van der Waals surface area contributed by atoms with Gasteiger partial charge in [0.1, 0.15) is 0 Å². The molecule has 7 heteroatoms. The monoisotopic (exact) mass is 387 g/mol. The molecule has 154 valence electrons. The van der Waals surface area contributed by atoms with Crippen molar-refractivity contribution in [1.82, 2.24) is 25.1 Å². The Bertz CT molecular complexity index is 649. The minimum atomic E-state index is 0.0542. The number of aryl methyl sites for hydroxylation is 1. The highest BCUT2D eigenvalue weighted by Crippen LogP contribution is 2.17. The van der Waals surface area contributed by atoms with E-state index in [1.54, 1.807) is 0 Å². The fourth-order valence-electron chi connectivity index (χ4n) is 4.05. The van der Waals surface area contributed by atoms with Crippen molar-refractivity contribution >= 4 is 11.8 Å². The van der Waals surface area contributed by atoms with E-state index in [1.165, 1.54) is 0 Å². The van der Waals surface area contributed by atoms with Gasteiger partial charge < -0.3 is 10.2 Å². The maximum atomic E-state index is 12.2. The molecule has 0 spiro atoms. The van der Waals surface area contributed by atoms with Crippen molar-refractivity contribution in [1.29, 1.82) is 0 Å². The summed E-state index contributed by atoms with van der Waals surface area (Å²) in [6, 6.07) is 0. The van der Waals surface area contributed by atoms with Crippen LogP contribution in [0.1, 0.15) is 56.3 Å². The van der Waals surface area contributed by atoms with E-state index >= 15 is 0 Å². The summed E-state index contributed by atoms with van der Waals surface area (Å²) in [6.45, 7) is 6.85. The van der Waals surface area contributed by atoms with E-state index in [0.29, 0.717) is 31.8 Å². The van der Waals surface area contributed by atoms with Crippen LogP contribution in [-0.4, -0.2) is 64.3 Å². The molecule has 3 heterocycles. The molecule has 1 unspecified atom stereocenters. The Balaban J connectivity index is 1.37. The van der Waals surface area contributed by atoms with Crippen LogP contribution in [0.3, 0.4) is 0 Å². The Morgan fingerprint density at radius 1 is 1.18 bits per heavy atom. The summed E-state index contributed by atoms with van der Waals surface area (Å²) in [6.07, 6.45) is 10.1. The molecule has 2 aliphatic rings. The number of nitrogens with one attached hydrogen (secondary N) is 1. The van der Waals surface area contributed by atoms with Crippen LogP contribution in [0, 0.1) is 12.8 Å². The lowest BCUT2D eigenvalue weighted by atomic mass is 9.98. The van der Waals surface area contributed by atoms with Gasteiger partial charge in [0.2, 0.25) is 11.8 Å². The van der Waals surface area contributed by atoms with Crippen molar-refractivity contribution in [2.75, 3.05) is 32.7 Å². The molecule has 2 aliphatic heterocycles. The minimum absolute atomic E-state index is 0.0542. The first-order chi connectivity index (χ1) is 13.6. The van der Waals surface area contributed by atoms with Gasteiger partial charge in [0.05, 0.1) is 11.4 Å². The predicted molar refractivity (Wildman–Crippen MR) is 107 cm³/mol. The molecule has 2 saturated heterocycles. The van der Waals surface area contributed by atoms with Crippen molar-refractivity contribution in [3.05, 3.63) is 23.8 Å². The third-order valence-electron chi connectivity index (χ3n) is 5.69. The fourth-order valence-corrected chi connectivity index (χ4v) is 4.05. The minimum Gasteiger partial charge on any atom is -0.356 e. The fraction of sp³-hybridized carbons (Fsp3) is 0.714. The van der Waals surface area contributed by atoms with Gasteiger partial charge in [0.25, 0.3) is 0 Å². The Labute approximate surface area is 167 Å². The molecule has 28 heavy (non-hydrogen) atoms. The van der Waals surface area contributed by atoms with Crippen LogP contribution in [-0.2, 0) is 16.1 Å². The van der Waals surface area contributed by atoms with Gasteiger partial charge in [-0.2, -0.15) is 0 Å². The highest BCUT2D eigenvalue weighted by Gasteiger charge is 2.21. The van der Waals surface area contributed by atoms with E-state index in [9.17, 15) is 9.59 Å². The van der Waals surface area contributed by atoms with Gasteiger partial charge in [-0.1, -0.05) is 6.42 Å². The van der Waals surface area contributed by atoms with E-state index in [0.717, 1.165) is 69.7 Å². The molecular formula is C21H33N5O2. The molecule has 0 radical (unpaired) electrons. The first-order valence-corrected chi connectivity index (χ1v) is 10.6. The molecule has 0 aliphatic carbocycles. The second-order valence-electron chi connectivity index (χ2n) is 8.14. The Hall–Kier alpha value is -2.02. The number of amides is 2. The SMILES string of the molecule is Cc1cnc(CN2CCCC(CNC(=O)CCN3CCCCCC3=O)C2)cn1. The predicted octanol–water partition coefficient (Wildman–Crippen LogP) is 1.91. The van der Waals surface area contributed by atoms with Gasteiger partial charge in [-0.25, -0.2) is 0 Å². The van der Waals surface area contributed by atoms with Crippen LogP contribution in [0.5, 0.6) is 0 Å². The van der Waals surface area contributed by atoms with Crippen molar-refractivity contribution in [3.8, 4) is 0 Å². The third-order valence-corrected chi connectivity index (χ3v) is 5.69. The number of nitrogens with zero attached hydrogens (tertiary/aromatic N) is 4. The molecule has 0 bridgehead atoms. The number of likely N-dealkylation sites (tertiary alicyclic amines) is 2. The summed E-state index contributed by atoms with van der Waals surface area (Å²) < 4.78 is 0. The number of aromatic nitrogens is 2. The summed E-state index contributed by atoms with van der Waals surface area (Å²) in [7, 11) is 0. The van der Waals surface area contributed by atoms with Crippen LogP contribution in [0.25, 0.3) is 0 Å². The maximum absolute atomic E-state index is 12.2. The van der Waals surface area contributed by atoms with Gasteiger partial charge in [-0.3, -0.25) is 24.5 Å². The van der Waals surface area contributed by atoms with Crippen LogP contribution < -0.4 is 5.32 Å². The first-order valence-electron chi connectivity index (χ1n) is 10.6. The van der Waals surface area contributed by atoms with E-state index < -0.39 is 0 Å². The van der Waals surface area contributed by atoms with Crippen LogP contribution in [0.15, 0.2) is 12.4 Å². The molecule has 1 atom stereocenters. The molecular weight excluding hydrogens is 354 g/mol. The summed E-state index contributed by atoms with van der Waals surface area (Å²) in [5.74, 6) is 0.724. The molecule has 2 fully saturated rings. The van der Waals surface area contributed by atoms with Gasteiger partial charge in [-0.15, -0.1) is 0 Å². The summed E-state index contributed by atoms with van der Waals surface area (Å²) in [4.78, 5) is 37.3. The molecule has 7 nitrogen and oxygen atoms in total.